The molecule has 0 N–H and O–H groups in total. The second kappa shape index (κ2) is 5.18. The van der Waals surface area contributed by atoms with Crippen molar-refractivity contribution in [1.82, 2.24) is 4.98 Å². The molecule has 3 nitrogen and oxygen atoms in total. The van der Waals surface area contributed by atoms with Crippen molar-refractivity contribution in [3.8, 4) is 6.07 Å². The van der Waals surface area contributed by atoms with Crippen LogP contribution in [0.3, 0.4) is 0 Å². The third kappa shape index (κ3) is 2.76. The maximum atomic E-state index is 8.72. The lowest BCUT2D eigenvalue weighted by atomic mass is 9.86. The Morgan fingerprint density at radius 1 is 1.29 bits per heavy atom. The van der Waals surface area contributed by atoms with Gasteiger partial charge in [0.2, 0.25) is 0 Å². The zero-order valence-electron chi connectivity index (χ0n) is 10.6. The van der Waals surface area contributed by atoms with E-state index in [0.29, 0.717) is 11.7 Å². The predicted molar refractivity (Wildman–Crippen MR) is 68.8 cm³/mol. The molecule has 1 fully saturated rings. The summed E-state index contributed by atoms with van der Waals surface area (Å²) in [6.45, 7) is 2.33. The third-order valence-corrected chi connectivity index (χ3v) is 3.80. The second-order valence-electron chi connectivity index (χ2n) is 5.04. The lowest BCUT2D eigenvalue weighted by Gasteiger charge is -2.34. The van der Waals surface area contributed by atoms with Crippen molar-refractivity contribution in [3.05, 3.63) is 24.0 Å². The Hall–Kier alpha value is -1.56. The van der Waals surface area contributed by atoms with Gasteiger partial charge in [-0.25, -0.2) is 4.98 Å². The van der Waals surface area contributed by atoms with Crippen LogP contribution in [0.2, 0.25) is 0 Å². The zero-order chi connectivity index (χ0) is 12.3. The molecule has 0 unspecified atom stereocenters. The molecule has 1 aliphatic carbocycles. The molecule has 2 rings (SSSR count). The van der Waals surface area contributed by atoms with Gasteiger partial charge in [0, 0.05) is 13.1 Å². The molecule has 0 amide bonds. The van der Waals surface area contributed by atoms with E-state index < -0.39 is 0 Å². The van der Waals surface area contributed by atoms with Crippen LogP contribution >= 0.6 is 0 Å². The average molecular weight is 229 g/mol. The van der Waals surface area contributed by atoms with Crippen molar-refractivity contribution < 1.29 is 0 Å². The minimum atomic E-state index is 0.486. The average Bonchev–Trinajstić information content (AvgIpc) is 2.39. The minimum Gasteiger partial charge on any atom is -0.370 e. The number of rotatable bonds is 2. The van der Waals surface area contributed by atoms with Crippen molar-refractivity contribution in [1.29, 1.82) is 5.26 Å². The summed E-state index contributed by atoms with van der Waals surface area (Å²) < 4.78 is 0. The van der Waals surface area contributed by atoms with Gasteiger partial charge in [0.05, 0.1) is 11.9 Å². The lowest BCUT2D eigenvalue weighted by Crippen LogP contribution is -2.34. The Kier molecular flexibility index (Phi) is 3.63. The Labute approximate surface area is 103 Å². The predicted octanol–water partition coefficient (Wildman–Crippen LogP) is 2.97. The highest BCUT2D eigenvalue weighted by Gasteiger charge is 2.21. The van der Waals surface area contributed by atoms with E-state index in [1.807, 2.05) is 12.1 Å². The van der Waals surface area contributed by atoms with Gasteiger partial charge in [-0.1, -0.05) is 6.92 Å². The molecule has 1 saturated carbocycles. The Morgan fingerprint density at radius 2 is 2.00 bits per heavy atom. The van der Waals surface area contributed by atoms with E-state index in [0.717, 1.165) is 11.6 Å². The fourth-order valence-electron chi connectivity index (χ4n) is 2.50. The highest BCUT2D eigenvalue weighted by atomic mass is 15.1. The summed E-state index contributed by atoms with van der Waals surface area (Å²) in [7, 11) is 2.13. The van der Waals surface area contributed by atoms with Crippen molar-refractivity contribution in [3.63, 3.8) is 0 Å². The van der Waals surface area contributed by atoms with E-state index in [-0.39, 0.29) is 0 Å². The van der Waals surface area contributed by atoms with E-state index >= 15 is 0 Å². The Bertz CT molecular complexity index is 396. The van der Waals surface area contributed by atoms with Gasteiger partial charge in [-0.15, -0.1) is 0 Å². The number of anilines is 1. The lowest BCUT2D eigenvalue weighted by molar-refractivity contribution is 0.340. The minimum absolute atomic E-state index is 0.486. The number of nitrogens with zero attached hydrogens (tertiary/aromatic N) is 3. The van der Waals surface area contributed by atoms with Gasteiger partial charge < -0.3 is 4.90 Å². The molecule has 90 valence electrons. The Balaban J connectivity index is 2.03. The first-order valence-electron chi connectivity index (χ1n) is 6.29. The molecule has 0 radical (unpaired) electrons. The molecule has 0 spiro atoms. The topological polar surface area (TPSA) is 39.9 Å². The van der Waals surface area contributed by atoms with Crippen molar-refractivity contribution in [2.24, 2.45) is 5.92 Å². The van der Waals surface area contributed by atoms with Crippen LogP contribution in [0.5, 0.6) is 0 Å². The van der Waals surface area contributed by atoms with Gasteiger partial charge in [-0.05, 0) is 43.7 Å². The van der Waals surface area contributed by atoms with E-state index in [1.165, 1.54) is 25.7 Å². The molecular weight excluding hydrogens is 210 g/mol. The monoisotopic (exact) mass is 229 g/mol. The fourth-order valence-corrected chi connectivity index (χ4v) is 2.50. The number of nitriles is 1. The highest BCUT2D eigenvalue weighted by molar-refractivity contribution is 5.46. The zero-order valence-corrected chi connectivity index (χ0v) is 10.6. The quantitative estimate of drug-likeness (QED) is 0.782. The van der Waals surface area contributed by atoms with Crippen LogP contribution in [-0.2, 0) is 0 Å². The van der Waals surface area contributed by atoms with Gasteiger partial charge in [-0.2, -0.15) is 5.26 Å². The Morgan fingerprint density at radius 3 is 2.53 bits per heavy atom. The van der Waals surface area contributed by atoms with E-state index in [9.17, 15) is 0 Å². The summed E-state index contributed by atoms with van der Waals surface area (Å²) in [4.78, 5) is 6.43. The summed E-state index contributed by atoms with van der Waals surface area (Å²) in [5.74, 6) is 0.874. The molecular formula is C14H19N3. The summed E-state index contributed by atoms with van der Waals surface area (Å²) >= 11 is 0. The third-order valence-electron chi connectivity index (χ3n) is 3.80. The molecule has 3 heteroatoms. The first-order chi connectivity index (χ1) is 8.20. The molecule has 1 aliphatic rings. The van der Waals surface area contributed by atoms with E-state index in [2.05, 4.69) is 23.9 Å². The van der Waals surface area contributed by atoms with E-state index in [1.54, 1.807) is 12.3 Å². The normalized spacial score (nSPS) is 24.1. The van der Waals surface area contributed by atoms with Crippen LogP contribution in [0.25, 0.3) is 0 Å². The molecule has 0 aromatic carbocycles. The first kappa shape index (κ1) is 11.9. The van der Waals surface area contributed by atoms with Gasteiger partial charge in [0.15, 0.2) is 0 Å². The number of hydrogen-bond acceptors (Lipinski definition) is 3. The molecule has 1 aromatic heterocycles. The fraction of sp³-hybridized carbons (Fsp3) is 0.571. The van der Waals surface area contributed by atoms with Crippen LogP contribution < -0.4 is 4.90 Å². The van der Waals surface area contributed by atoms with Crippen molar-refractivity contribution >= 4 is 5.69 Å². The second-order valence-corrected chi connectivity index (χ2v) is 5.04. The van der Waals surface area contributed by atoms with Crippen LogP contribution in [0.15, 0.2) is 18.3 Å². The maximum Gasteiger partial charge on any atom is 0.140 e. The SMILES string of the molecule is CC1CCC(N(C)c2ccc(C#N)nc2)CC1. The van der Waals surface area contributed by atoms with Crippen molar-refractivity contribution in [2.75, 3.05) is 11.9 Å². The van der Waals surface area contributed by atoms with Crippen LogP contribution in [0.1, 0.15) is 38.3 Å². The number of aromatic nitrogens is 1. The summed E-state index contributed by atoms with van der Waals surface area (Å²) in [6.07, 6.45) is 6.96. The van der Waals surface area contributed by atoms with Gasteiger partial charge in [0.25, 0.3) is 0 Å². The van der Waals surface area contributed by atoms with Gasteiger partial charge in [-0.3, -0.25) is 0 Å². The van der Waals surface area contributed by atoms with Crippen LogP contribution in [0.4, 0.5) is 5.69 Å². The first-order valence-corrected chi connectivity index (χ1v) is 6.29. The molecule has 0 atom stereocenters. The van der Waals surface area contributed by atoms with Crippen molar-refractivity contribution in [2.45, 2.75) is 38.6 Å². The largest absolute Gasteiger partial charge is 0.370 e. The van der Waals surface area contributed by atoms with E-state index in [4.69, 9.17) is 5.26 Å². The number of hydrogen-bond donors (Lipinski definition) is 0. The maximum absolute atomic E-state index is 8.72. The molecule has 0 aliphatic heterocycles. The van der Waals surface area contributed by atoms with Gasteiger partial charge >= 0.3 is 0 Å². The standard InChI is InChI=1S/C14H19N3/c1-11-3-6-13(7-4-11)17(2)14-8-5-12(9-15)16-10-14/h5,8,10-11,13H,3-4,6-7H2,1-2H3. The summed E-state index contributed by atoms with van der Waals surface area (Å²) in [5, 5.41) is 8.72. The smallest absolute Gasteiger partial charge is 0.140 e. The molecule has 1 aromatic rings. The molecule has 0 saturated heterocycles. The summed E-state index contributed by atoms with van der Waals surface area (Å²) in [5.41, 5.74) is 1.60. The van der Waals surface area contributed by atoms with Gasteiger partial charge in [0.1, 0.15) is 11.8 Å². The molecule has 17 heavy (non-hydrogen) atoms. The molecule has 1 heterocycles. The van der Waals surface area contributed by atoms with Crippen LogP contribution in [0, 0.1) is 17.2 Å². The highest BCUT2D eigenvalue weighted by Crippen LogP contribution is 2.28. The summed E-state index contributed by atoms with van der Waals surface area (Å²) in [6, 6.07) is 6.45. The number of pyridine rings is 1. The van der Waals surface area contributed by atoms with Crippen LogP contribution in [-0.4, -0.2) is 18.1 Å². The molecule has 0 bridgehead atoms.